The van der Waals surface area contributed by atoms with Crippen molar-refractivity contribution >= 4 is 34.8 Å². The van der Waals surface area contributed by atoms with Gasteiger partial charge < -0.3 is 10.6 Å². The van der Waals surface area contributed by atoms with Crippen molar-refractivity contribution < 1.29 is 4.79 Å². The summed E-state index contributed by atoms with van der Waals surface area (Å²) in [5, 5.41) is 6.55. The Morgan fingerprint density at radius 2 is 1.67 bits per heavy atom. The van der Waals surface area contributed by atoms with E-state index in [4.69, 9.17) is 11.6 Å². The number of halogens is 1. The van der Waals surface area contributed by atoms with E-state index in [2.05, 4.69) is 20.6 Å². The highest BCUT2D eigenvalue weighted by Crippen LogP contribution is 2.17. The third-order valence-corrected chi connectivity index (χ3v) is 3.66. The predicted octanol–water partition coefficient (Wildman–Crippen LogP) is 4.43. The number of hydrogen-bond donors (Lipinski definition) is 2. The molecule has 1 aromatic heterocycles. The summed E-state index contributed by atoms with van der Waals surface area (Å²) in [6, 6.07) is 14.8. The van der Waals surface area contributed by atoms with Crippen LogP contribution in [-0.2, 0) is 0 Å². The average Bonchev–Trinajstić information content (AvgIpc) is 2.59. The molecule has 0 bridgehead atoms. The standard InChI is InChI=1S/C18H15ClN4O/c1-12-4-2-3-5-16(12)23-17(24)13-10-20-18(21-11-13)22-15-8-6-14(19)7-9-15/h2-11H,1H3,(H,23,24)(H,20,21,22). The Bertz CT molecular complexity index is 848. The number of carbonyl (C=O) groups is 1. The zero-order valence-corrected chi connectivity index (χ0v) is 13.7. The lowest BCUT2D eigenvalue weighted by Crippen LogP contribution is -2.13. The number of amides is 1. The summed E-state index contributed by atoms with van der Waals surface area (Å²) in [6.07, 6.45) is 2.97. The molecule has 0 unspecified atom stereocenters. The van der Waals surface area contributed by atoms with Gasteiger partial charge in [0.15, 0.2) is 0 Å². The van der Waals surface area contributed by atoms with Gasteiger partial charge in [0.1, 0.15) is 0 Å². The highest BCUT2D eigenvalue weighted by molar-refractivity contribution is 6.30. The first-order valence-corrected chi connectivity index (χ1v) is 7.71. The van der Waals surface area contributed by atoms with Crippen molar-refractivity contribution in [1.82, 2.24) is 9.97 Å². The lowest BCUT2D eigenvalue weighted by molar-refractivity contribution is 0.102. The van der Waals surface area contributed by atoms with Gasteiger partial charge in [0.2, 0.25) is 5.95 Å². The summed E-state index contributed by atoms with van der Waals surface area (Å²) in [5.74, 6) is 0.159. The first-order chi connectivity index (χ1) is 11.6. The summed E-state index contributed by atoms with van der Waals surface area (Å²) in [5.41, 5.74) is 2.97. The van der Waals surface area contributed by atoms with Gasteiger partial charge >= 0.3 is 0 Å². The maximum atomic E-state index is 12.2. The fourth-order valence-electron chi connectivity index (χ4n) is 2.08. The quantitative estimate of drug-likeness (QED) is 0.738. The van der Waals surface area contributed by atoms with Crippen LogP contribution in [0.25, 0.3) is 0 Å². The number of aryl methyl sites for hydroxylation is 1. The van der Waals surface area contributed by atoms with Crippen LogP contribution >= 0.6 is 11.6 Å². The molecule has 24 heavy (non-hydrogen) atoms. The Morgan fingerprint density at radius 3 is 2.33 bits per heavy atom. The first kappa shape index (κ1) is 16.0. The number of nitrogens with one attached hydrogen (secondary N) is 2. The average molecular weight is 339 g/mol. The summed E-state index contributed by atoms with van der Waals surface area (Å²) in [4.78, 5) is 20.6. The molecule has 0 saturated heterocycles. The minimum Gasteiger partial charge on any atom is -0.324 e. The molecule has 1 amide bonds. The molecular formula is C18H15ClN4O. The van der Waals surface area contributed by atoms with Gasteiger partial charge in [0.05, 0.1) is 5.56 Å². The van der Waals surface area contributed by atoms with Gasteiger partial charge in [-0.1, -0.05) is 29.8 Å². The van der Waals surface area contributed by atoms with Crippen LogP contribution < -0.4 is 10.6 Å². The largest absolute Gasteiger partial charge is 0.324 e. The van der Waals surface area contributed by atoms with E-state index in [-0.39, 0.29) is 5.91 Å². The maximum Gasteiger partial charge on any atom is 0.258 e. The minimum absolute atomic E-state index is 0.248. The Kier molecular flexibility index (Phi) is 4.72. The fraction of sp³-hybridized carbons (Fsp3) is 0.0556. The van der Waals surface area contributed by atoms with Crippen molar-refractivity contribution in [3.05, 3.63) is 77.1 Å². The Labute approximate surface area is 144 Å². The van der Waals surface area contributed by atoms with E-state index in [9.17, 15) is 4.79 Å². The third kappa shape index (κ3) is 3.88. The summed E-state index contributed by atoms with van der Waals surface area (Å²) < 4.78 is 0. The van der Waals surface area contributed by atoms with Crippen LogP contribution in [0.1, 0.15) is 15.9 Å². The van der Waals surface area contributed by atoms with Crippen molar-refractivity contribution in [2.45, 2.75) is 6.92 Å². The first-order valence-electron chi connectivity index (χ1n) is 7.33. The summed E-state index contributed by atoms with van der Waals surface area (Å²) in [7, 11) is 0. The number of anilines is 3. The van der Waals surface area contributed by atoms with Gasteiger partial charge in [-0.15, -0.1) is 0 Å². The molecule has 0 spiro atoms. The molecule has 0 aliphatic heterocycles. The van der Waals surface area contributed by atoms with Gasteiger partial charge in [-0.05, 0) is 42.8 Å². The van der Waals surface area contributed by atoms with Gasteiger partial charge in [-0.3, -0.25) is 4.79 Å². The molecular weight excluding hydrogens is 324 g/mol. The molecule has 120 valence electrons. The van der Waals surface area contributed by atoms with Crippen LogP contribution in [0.3, 0.4) is 0 Å². The van der Waals surface area contributed by atoms with E-state index in [1.165, 1.54) is 12.4 Å². The van der Waals surface area contributed by atoms with E-state index >= 15 is 0 Å². The molecule has 3 rings (SSSR count). The zero-order chi connectivity index (χ0) is 16.9. The lowest BCUT2D eigenvalue weighted by Gasteiger charge is -2.08. The number of aromatic nitrogens is 2. The zero-order valence-electron chi connectivity index (χ0n) is 13.0. The summed E-state index contributed by atoms with van der Waals surface area (Å²) in [6.45, 7) is 1.94. The normalized spacial score (nSPS) is 10.2. The monoisotopic (exact) mass is 338 g/mol. The SMILES string of the molecule is Cc1ccccc1NC(=O)c1cnc(Nc2ccc(Cl)cc2)nc1. The van der Waals surface area contributed by atoms with Gasteiger partial charge in [-0.25, -0.2) is 9.97 Å². The molecule has 0 radical (unpaired) electrons. The second-order valence-electron chi connectivity index (χ2n) is 5.20. The van der Waals surface area contributed by atoms with Crippen molar-refractivity contribution in [3.63, 3.8) is 0 Å². The van der Waals surface area contributed by atoms with Gasteiger partial charge in [0.25, 0.3) is 5.91 Å². The molecule has 0 saturated carbocycles. The van der Waals surface area contributed by atoms with Crippen molar-refractivity contribution in [2.24, 2.45) is 0 Å². The van der Waals surface area contributed by atoms with E-state index in [1.54, 1.807) is 12.1 Å². The second kappa shape index (κ2) is 7.10. The number of carbonyl (C=O) groups excluding carboxylic acids is 1. The van der Waals surface area contributed by atoms with Gasteiger partial charge in [0, 0.05) is 28.8 Å². The van der Waals surface area contributed by atoms with Crippen LogP contribution in [0, 0.1) is 6.92 Å². The molecule has 5 nitrogen and oxygen atoms in total. The molecule has 0 aliphatic rings. The second-order valence-corrected chi connectivity index (χ2v) is 5.63. The van der Waals surface area contributed by atoms with Crippen LogP contribution in [-0.4, -0.2) is 15.9 Å². The van der Waals surface area contributed by atoms with Crippen molar-refractivity contribution in [1.29, 1.82) is 0 Å². The lowest BCUT2D eigenvalue weighted by atomic mass is 10.2. The van der Waals surface area contributed by atoms with E-state index in [1.807, 2.05) is 43.3 Å². The Balaban J connectivity index is 1.68. The van der Waals surface area contributed by atoms with Crippen LogP contribution in [0.15, 0.2) is 60.9 Å². The minimum atomic E-state index is -0.248. The van der Waals surface area contributed by atoms with Crippen molar-refractivity contribution in [2.75, 3.05) is 10.6 Å². The highest BCUT2D eigenvalue weighted by atomic mass is 35.5. The number of hydrogen-bond acceptors (Lipinski definition) is 4. The highest BCUT2D eigenvalue weighted by Gasteiger charge is 2.09. The third-order valence-electron chi connectivity index (χ3n) is 3.41. The van der Waals surface area contributed by atoms with Crippen molar-refractivity contribution in [3.8, 4) is 0 Å². The number of rotatable bonds is 4. The molecule has 0 aliphatic carbocycles. The van der Waals surface area contributed by atoms with E-state index in [0.29, 0.717) is 16.5 Å². The molecule has 2 aromatic carbocycles. The Morgan fingerprint density at radius 1 is 1.00 bits per heavy atom. The van der Waals surface area contributed by atoms with Crippen LogP contribution in [0.2, 0.25) is 5.02 Å². The van der Waals surface area contributed by atoms with Crippen LogP contribution in [0.4, 0.5) is 17.3 Å². The fourth-order valence-corrected chi connectivity index (χ4v) is 2.21. The van der Waals surface area contributed by atoms with E-state index < -0.39 is 0 Å². The number of benzene rings is 2. The molecule has 0 fully saturated rings. The Hall–Kier alpha value is -2.92. The molecule has 2 N–H and O–H groups in total. The molecule has 3 aromatic rings. The summed E-state index contributed by atoms with van der Waals surface area (Å²) >= 11 is 5.84. The predicted molar refractivity (Wildman–Crippen MR) is 95.9 cm³/mol. The van der Waals surface area contributed by atoms with Gasteiger partial charge in [-0.2, -0.15) is 0 Å². The molecule has 1 heterocycles. The molecule has 6 heteroatoms. The van der Waals surface area contributed by atoms with Crippen LogP contribution in [0.5, 0.6) is 0 Å². The molecule has 0 atom stereocenters. The van der Waals surface area contributed by atoms with E-state index in [0.717, 1.165) is 16.9 Å². The maximum absolute atomic E-state index is 12.2. The topological polar surface area (TPSA) is 66.9 Å². The smallest absolute Gasteiger partial charge is 0.258 e. The number of para-hydroxylation sites is 1. The number of nitrogens with zero attached hydrogens (tertiary/aromatic N) is 2.